The van der Waals surface area contributed by atoms with E-state index >= 15 is 0 Å². The molecule has 1 atom stereocenters. The van der Waals surface area contributed by atoms with Crippen molar-refractivity contribution in [2.45, 2.75) is 46.1 Å². The van der Waals surface area contributed by atoms with E-state index in [0.717, 1.165) is 36.3 Å². The lowest BCUT2D eigenvalue weighted by Gasteiger charge is -2.22. The van der Waals surface area contributed by atoms with E-state index in [4.69, 9.17) is 12.2 Å². The van der Waals surface area contributed by atoms with Gasteiger partial charge in [-0.05, 0) is 62.2 Å². The summed E-state index contributed by atoms with van der Waals surface area (Å²) in [4.78, 5) is 14.0. The fourth-order valence-corrected chi connectivity index (χ4v) is 3.69. The van der Waals surface area contributed by atoms with Gasteiger partial charge in [-0.2, -0.15) is 0 Å². The molecule has 2 aromatic rings. The van der Waals surface area contributed by atoms with Crippen molar-refractivity contribution in [1.29, 1.82) is 0 Å². The molecule has 0 aliphatic carbocycles. The SMILES string of the molecule is CCC(NC(=S)Nc1ccc(C)c(N2CCCC2=O)c1)c1ccc(C)cc1. The van der Waals surface area contributed by atoms with Gasteiger partial charge in [-0.1, -0.05) is 42.8 Å². The van der Waals surface area contributed by atoms with Gasteiger partial charge in [-0.25, -0.2) is 0 Å². The molecule has 5 heteroatoms. The fourth-order valence-electron chi connectivity index (χ4n) is 3.43. The third-order valence-corrected chi connectivity index (χ3v) is 5.24. The van der Waals surface area contributed by atoms with Crippen LogP contribution in [0.1, 0.15) is 48.9 Å². The van der Waals surface area contributed by atoms with Crippen LogP contribution in [0.15, 0.2) is 42.5 Å². The van der Waals surface area contributed by atoms with Crippen molar-refractivity contribution in [2.24, 2.45) is 0 Å². The first-order valence-corrected chi connectivity index (χ1v) is 9.94. The molecule has 1 fully saturated rings. The molecule has 27 heavy (non-hydrogen) atoms. The molecule has 2 aromatic carbocycles. The lowest BCUT2D eigenvalue weighted by atomic mass is 10.0. The number of thiocarbonyl (C=S) groups is 1. The second kappa shape index (κ2) is 8.53. The minimum atomic E-state index is 0.163. The second-order valence-corrected chi connectivity index (χ2v) is 7.53. The molecule has 1 saturated heterocycles. The lowest BCUT2D eigenvalue weighted by molar-refractivity contribution is -0.117. The van der Waals surface area contributed by atoms with Crippen LogP contribution in [-0.2, 0) is 4.79 Å². The highest BCUT2D eigenvalue weighted by molar-refractivity contribution is 7.80. The van der Waals surface area contributed by atoms with Crippen molar-refractivity contribution in [3.63, 3.8) is 0 Å². The predicted octanol–water partition coefficient (Wildman–Crippen LogP) is 4.87. The van der Waals surface area contributed by atoms with Crippen molar-refractivity contribution in [3.05, 3.63) is 59.2 Å². The summed E-state index contributed by atoms with van der Waals surface area (Å²) in [6.45, 7) is 7.05. The van der Waals surface area contributed by atoms with Crippen molar-refractivity contribution in [2.75, 3.05) is 16.8 Å². The van der Waals surface area contributed by atoms with E-state index in [2.05, 4.69) is 48.7 Å². The summed E-state index contributed by atoms with van der Waals surface area (Å²) in [5.41, 5.74) is 5.43. The van der Waals surface area contributed by atoms with E-state index in [1.807, 2.05) is 30.0 Å². The first kappa shape index (κ1) is 19.4. The van der Waals surface area contributed by atoms with Crippen molar-refractivity contribution >= 4 is 34.6 Å². The van der Waals surface area contributed by atoms with E-state index in [-0.39, 0.29) is 11.9 Å². The molecular weight excluding hydrogens is 354 g/mol. The number of carbonyl (C=O) groups is 1. The van der Waals surface area contributed by atoms with Gasteiger partial charge in [0, 0.05) is 24.3 Å². The van der Waals surface area contributed by atoms with Crippen molar-refractivity contribution in [3.8, 4) is 0 Å². The molecule has 1 amide bonds. The zero-order chi connectivity index (χ0) is 19.4. The van der Waals surface area contributed by atoms with Crippen LogP contribution in [0.3, 0.4) is 0 Å². The molecule has 1 heterocycles. The Morgan fingerprint density at radius 1 is 1.19 bits per heavy atom. The zero-order valence-corrected chi connectivity index (χ0v) is 17.0. The highest BCUT2D eigenvalue weighted by atomic mass is 32.1. The zero-order valence-electron chi connectivity index (χ0n) is 16.2. The number of hydrogen-bond donors (Lipinski definition) is 2. The molecule has 142 valence electrons. The van der Waals surface area contributed by atoms with Crippen LogP contribution in [0.25, 0.3) is 0 Å². The van der Waals surface area contributed by atoms with Crippen LogP contribution in [0.2, 0.25) is 0 Å². The molecule has 2 N–H and O–H groups in total. The van der Waals surface area contributed by atoms with Gasteiger partial charge in [0.2, 0.25) is 5.91 Å². The van der Waals surface area contributed by atoms with E-state index in [0.29, 0.717) is 11.5 Å². The number of hydrogen-bond acceptors (Lipinski definition) is 2. The first-order valence-electron chi connectivity index (χ1n) is 9.53. The smallest absolute Gasteiger partial charge is 0.227 e. The van der Waals surface area contributed by atoms with E-state index in [1.165, 1.54) is 11.1 Å². The van der Waals surface area contributed by atoms with Crippen LogP contribution in [0, 0.1) is 13.8 Å². The highest BCUT2D eigenvalue weighted by Gasteiger charge is 2.23. The average Bonchev–Trinajstić information content (AvgIpc) is 3.08. The van der Waals surface area contributed by atoms with Gasteiger partial charge in [0.1, 0.15) is 0 Å². The Labute approximate surface area is 167 Å². The molecule has 0 aromatic heterocycles. The van der Waals surface area contributed by atoms with Gasteiger partial charge < -0.3 is 15.5 Å². The Hall–Kier alpha value is -2.40. The van der Waals surface area contributed by atoms with Crippen molar-refractivity contribution < 1.29 is 4.79 Å². The summed E-state index contributed by atoms with van der Waals surface area (Å²) < 4.78 is 0. The molecule has 3 rings (SSSR count). The Balaban J connectivity index is 1.70. The number of benzene rings is 2. The minimum Gasteiger partial charge on any atom is -0.356 e. The fraction of sp³-hybridized carbons (Fsp3) is 0.364. The van der Waals surface area contributed by atoms with Gasteiger partial charge in [0.15, 0.2) is 5.11 Å². The summed E-state index contributed by atoms with van der Waals surface area (Å²) >= 11 is 5.54. The number of amides is 1. The van der Waals surface area contributed by atoms with Gasteiger partial charge in [-0.3, -0.25) is 4.79 Å². The topological polar surface area (TPSA) is 44.4 Å². The minimum absolute atomic E-state index is 0.163. The summed E-state index contributed by atoms with van der Waals surface area (Å²) in [7, 11) is 0. The van der Waals surface area contributed by atoms with Crippen LogP contribution in [0.4, 0.5) is 11.4 Å². The highest BCUT2D eigenvalue weighted by Crippen LogP contribution is 2.28. The third kappa shape index (κ3) is 4.66. The molecule has 1 aliphatic rings. The number of anilines is 2. The standard InChI is InChI=1S/C22H27N3OS/c1-4-19(17-10-7-15(2)8-11-17)24-22(27)23-18-12-9-16(3)20(14-18)25-13-5-6-21(25)26/h7-12,14,19H,4-6,13H2,1-3H3,(H2,23,24,27). The molecule has 0 spiro atoms. The first-order chi connectivity index (χ1) is 13.0. The van der Waals surface area contributed by atoms with Crippen LogP contribution >= 0.6 is 12.2 Å². The molecule has 0 saturated carbocycles. The lowest BCUT2D eigenvalue weighted by Crippen LogP contribution is -2.32. The number of carbonyl (C=O) groups excluding carboxylic acids is 1. The largest absolute Gasteiger partial charge is 0.356 e. The second-order valence-electron chi connectivity index (χ2n) is 7.12. The third-order valence-electron chi connectivity index (χ3n) is 5.02. The van der Waals surface area contributed by atoms with Gasteiger partial charge in [-0.15, -0.1) is 0 Å². The van der Waals surface area contributed by atoms with E-state index in [9.17, 15) is 4.79 Å². The maximum atomic E-state index is 12.1. The number of nitrogens with zero attached hydrogens (tertiary/aromatic N) is 1. The summed E-state index contributed by atoms with van der Waals surface area (Å²) in [6, 6.07) is 14.7. The quantitative estimate of drug-likeness (QED) is 0.726. The normalized spacial score (nSPS) is 14.9. The summed E-state index contributed by atoms with van der Waals surface area (Å²) in [6.07, 6.45) is 2.49. The number of rotatable bonds is 5. The monoisotopic (exact) mass is 381 g/mol. The predicted molar refractivity (Wildman–Crippen MR) is 116 cm³/mol. The average molecular weight is 382 g/mol. The van der Waals surface area contributed by atoms with E-state index < -0.39 is 0 Å². The summed E-state index contributed by atoms with van der Waals surface area (Å²) in [5, 5.41) is 7.27. The molecule has 4 nitrogen and oxygen atoms in total. The van der Waals surface area contributed by atoms with Crippen LogP contribution in [-0.4, -0.2) is 17.6 Å². The van der Waals surface area contributed by atoms with Gasteiger partial charge in [0.05, 0.1) is 6.04 Å². The number of aryl methyl sites for hydroxylation is 2. The molecule has 0 bridgehead atoms. The Kier molecular flexibility index (Phi) is 6.11. The van der Waals surface area contributed by atoms with Gasteiger partial charge in [0.25, 0.3) is 0 Å². The molecule has 1 unspecified atom stereocenters. The van der Waals surface area contributed by atoms with Crippen LogP contribution in [0.5, 0.6) is 0 Å². The molecule has 1 aliphatic heterocycles. The molecular formula is C22H27N3OS. The Morgan fingerprint density at radius 2 is 1.93 bits per heavy atom. The number of nitrogens with one attached hydrogen (secondary N) is 2. The van der Waals surface area contributed by atoms with Crippen LogP contribution < -0.4 is 15.5 Å². The Morgan fingerprint density at radius 3 is 2.56 bits per heavy atom. The van der Waals surface area contributed by atoms with Gasteiger partial charge >= 0.3 is 0 Å². The molecule has 0 radical (unpaired) electrons. The Bertz CT molecular complexity index is 832. The van der Waals surface area contributed by atoms with E-state index in [1.54, 1.807) is 0 Å². The summed E-state index contributed by atoms with van der Waals surface area (Å²) in [5.74, 6) is 0.196. The maximum absolute atomic E-state index is 12.1. The maximum Gasteiger partial charge on any atom is 0.227 e. The van der Waals surface area contributed by atoms with Crippen molar-refractivity contribution in [1.82, 2.24) is 5.32 Å².